The van der Waals surface area contributed by atoms with Crippen molar-refractivity contribution < 1.29 is 4.79 Å². The van der Waals surface area contributed by atoms with Crippen LogP contribution in [0, 0.1) is 5.41 Å². The number of allylic oxidation sites excluding steroid dienone is 2. The van der Waals surface area contributed by atoms with E-state index in [0.717, 1.165) is 39.9 Å². The molecule has 4 rings (SSSR count). The topological polar surface area (TPSA) is 68.9 Å². The lowest BCUT2D eigenvalue weighted by atomic mass is 9.87. The average molecular weight is 317 g/mol. The van der Waals surface area contributed by atoms with E-state index < -0.39 is 0 Å². The third-order valence-electron chi connectivity index (χ3n) is 4.67. The molecule has 0 fully saturated rings. The van der Waals surface area contributed by atoms with Crippen LogP contribution in [0.25, 0.3) is 11.6 Å². The van der Waals surface area contributed by atoms with Crippen LogP contribution >= 0.6 is 0 Å². The Labute approximate surface area is 141 Å². The van der Waals surface area contributed by atoms with Crippen molar-refractivity contribution in [3.05, 3.63) is 64.5 Å². The largest absolute Gasteiger partial charge is 0.368 e. The van der Waals surface area contributed by atoms with Crippen LogP contribution in [0.2, 0.25) is 0 Å². The first-order valence-corrected chi connectivity index (χ1v) is 8.12. The molecule has 2 N–H and O–H groups in total. The molecule has 2 aliphatic carbocycles. The van der Waals surface area contributed by atoms with E-state index in [2.05, 4.69) is 48.1 Å². The predicted molar refractivity (Wildman–Crippen MR) is 95.4 cm³/mol. The van der Waals surface area contributed by atoms with Crippen molar-refractivity contribution in [2.24, 2.45) is 5.41 Å². The van der Waals surface area contributed by atoms with Crippen molar-refractivity contribution in [1.82, 2.24) is 9.97 Å². The summed E-state index contributed by atoms with van der Waals surface area (Å²) in [7, 11) is 0. The molecule has 0 spiro atoms. The maximum absolute atomic E-state index is 12.5. The number of hydrogen-bond donors (Lipinski definition) is 1. The third-order valence-corrected chi connectivity index (χ3v) is 4.67. The highest BCUT2D eigenvalue weighted by atomic mass is 16.1. The molecule has 0 saturated heterocycles. The van der Waals surface area contributed by atoms with Gasteiger partial charge in [-0.25, -0.2) is 9.97 Å². The van der Waals surface area contributed by atoms with Crippen molar-refractivity contribution in [2.75, 3.05) is 5.73 Å². The fraction of sp³-hybridized carbons (Fsp3) is 0.250. The summed E-state index contributed by atoms with van der Waals surface area (Å²) in [4.78, 5) is 20.9. The van der Waals surface area contributed by atoms with E-state index >= 15 is 0 Å². The van der Waals surface area contributed by atoms with E-state index in [-0.39, 0.29) is 11.2 Å². The molecular formula is C20H19N3O. The van der Waals surface area contributed by atoms with Crippen molar-refractivity contribution in [2.45, 2.75) is 26.7 Å². The zero-order valence-corrected chi connectivity index (χ0v) is 13.8. The van der Waals surface area contributed by atoms with Gasteiger partial charge in [0.2, 0.25) is 5.95 Å². The summed E-state index contributed by atoms with van der Waals surface area (Å²) in [6.07, 6.45) is 9.42. The standard InChI is InChI=1S/C20H19N3O/c1-20(2)8-7-13-9-12(3-4-15(13)18(24)10-20)14-5-6-17-16(14)11-22-19(21)23-17/h3-5,7-9,11H,6,10H2,1-2H3,(H2,21,22,23). The first-order chi connectivity index (χ1) is 11.4. The summed E-state index contributed by atoms with van der Waals surface area (Å²) >= 11 is 0. The van der Waals surface area contributed by atoms with E-state index in [1.165, 1.54) is 0 Å². The van der Waals surface area contributed by atoms with Gasteiger partial charge in [0, 0.05) is 30.2 Å². The number of nitrogens with zero attached hydrogens (tertiary/aromatic N) is 2. The molecule has 24 heavy (non-hydrogen) atoms. The highest BCUT2D eigenvalue weighted by molar-refractivity contribution is 6.01. The van der Waals surface area contributed by atoms with E-state index in [9.17, 15) is 4.79 Å². The lowest BCUT2D eigenvalue weighted by molar-refractivity contribution is 0.0951. The molecule has 0 atom stereocenters. The number of fused-ring (bicyclic) bond motifs is 2. The number of nitrogen functional groups attached to an aromatic ring is 1. The van der Waals surface area contributed by atoms with Crippen LogP contribution in [0.15, 0.2) is 36.5 Å². The molecule has 120 valence electrons. The second kappa shape index (κ2) is 5.13. The number of rotatable bonds is 1. The van der Waals surface area contributed by atoms with Crippen molar-refractivity contribution >= 4 is 23.4 Å². The number of benzene rings is 1. The number of hydrogen-bond acceptors (Lipinski definition) is 4. The molecule has 0 bridgehead atoms. The monoisotopic (exact) mass is 317 g/mol. The second-order valence-corrected chi connectivity index (χ2v) is 7.13. The summed E-state index contributed by atoms with van der Waals surface area (Å²) < 4.78 is 0. The molecule has 4 heteroatoms. The highest BCUT2D eigenvalue weighted by Crippen LogP contribution is 2.35. The quantitative estimate of drug-likeness (QED) is 0.871. The number of Topliss-reactive ketones (excluding diaryl/α,β-unsaturated/α-hetero) is 1. The molecule has 0 saturated carbocycles. The van der Waals surface area contributed by atoms with Crippen molar-refractivity contribution in [3.63, 3.8) is 0 Å². The lowest BCUT2D eigenvalue weighted by Gasteiger charge is -2.16. The van der Waals surface area contributed by atoms with E-state index in [4.69, 9.17) is 5.73 Å². The van der Waals surface area contributed by atoms with Crippen LogP contribution in [0.4, 0.5) is 5.95 Å². The second-order valence-electron chi connectivity index (χ2n) is 7.13. The minimum Gasteiger partial charge on any atom is -0.368 e. The number of carbonyl (C=O) groups excluding carboxylic acids is 1. The molecule has 0 unspecified atom stereocenters. The highest BCUT2D eigenvalue weighted by Gasteiger charge is 2.25. The summed E-state index contributed by atoms with van der Waals surface area (Å²) in [6.45, 7) is 4.18. The fourth-order valence-electron chi connectivity index (χ4n) is 3.40. The van der Waals surface area contributed by atoms with E-state index in [1.807, 2.05) is 12.1 Å². The van der Waals surface area contributed by atoms with Gasteiger partial charge in [0.15, 0.2) is 5.78 Å². The Balaban J connectivity index is 1.78. The SMILES string of the molecule is CC1(C)C=Cc2cc(C3=CCc4nc(N)ncc43)ccc2C(=O)C1. The van der Waals surface area contributed by atoms with Crippen LogP contribution in [-0.2, 0) is 6.42 Å². The average Bonchev–Trinajstić information content (AvgIpc) is 2.90. The first-order valence-electron chi connectivity index (χ1n) is 8.12. The Hall–Kier alpha value is -2.75. The van der Waals surface area contributed by atoms with Crippen LogP contribution in [0.1, 0.15) is 53.0 Å². The molecule has 0 radical (unpaired) electrons. The van der Waals surface area contributed by atoms with Gasteiger partial charge >= 0.3 is 0 Å². The Morgan fingerprint density at radius 2 is 2.04 bits per heavy atom. The number of aromatic nitrogens is 2. The number of carbonyl (C=O) groups is 1. The number of ketones is 1. The van der Waals surface area contributed by atoms with Gasteiger partial charge in [-0.15, -0.1) is 0 Å². The molecule has 2 aliphatic rings. The van der Waals surface area contributed by atoms with E-state index in [0.29, 0.717) is 12.4 Å². The maximum Gasteiger partial charge on any atom is 0.220 e. The molecule has 1 aromatic heterocycles. The van der Waals surface area contributed by atoms with Gasteiger partial charge in [-0.2, -0.15) is 0 Å². The van der Waals surface area contributed by atoms with Gasteiger partial charge in [0.25, 0.3) is 0 Å². The molecular weight excluding hydrogens is 298 g/mol. The van der Waals surface area contributed by atoms with Gasteiger partial charge in [0.05, 0.1) is 5.69 Å². The normalized spacial score (nSPS) is 17.9. The molecule has 4 nitrogen and oxygen atoms in total. The molecule has 0 amide bonds. The first kappa shape index (κ1) is 14.8. The van der Waals surface area contributed by atoms with Gasteiger partial charge in [-0.1, -0.05) is 44.2 Å². The molecule has 2 aromatic rings. The Kier molecular flexibility index (Phi) is 3.17. The van der Waals surface area contributed by atoms with Crippen LogP contribution in [0.3, 0.4) is 0 Å². The molecule has 1 heterocycles. The van der Waals surface area contributed by atoms with Gasteiger partial charge < -0.3 is 5.73 Å². The zero-order valence-electron chi connectivity index (χ0n) is 13.8. The molecule has 1 aromatic carbocycles. The van der Waals surface area contributed by atoms with Crippen molar-refractivity contribution in [3.8, 4) is 0 Å². The Morgan fingerprint density at radius 3 is 2.88 bits per heavy atom. The number of nitrogens with two attached hydrogens (primary N) is 1. The van der Waals surface area contributed by atoms with Crippen molar-refractivity contribution in [1.29, 1.82) is 0 Å². The fourth-order valence-corrected chi connectivity index (χ4v) is 3.40. The minimum atomic E-state index is -0.110. The van der Waals surface area contributed by atoms with Gasteiger partial charge in [-0.3, -0.25) is 4.79 Å². The summed E-state index contributed by atoms with van der Waals surface area (Å²) in [5.74, 6) is 0.504. The maximum atomic E-state index is 12.5. The van der Waals surface area contributed by atoms with Gasteiger partial charge in [0.1, 0.15) is 0 Å². The number of anilines is 1. The third kappa shape index (κ3) is 2.44. The van der Waals surface area contributed by atoms with Crippen LogP contribution in [-0.4, -0.2) is 15.8 Å². The van der Waals surface area contributed by atoms with Gasteiger partial charge in [-0.05, 0) is 28.2 Å². The summed E-state index contributed by atoms with van der Waals surface area (Å²) in [6, 6.07) is 6.04. The van der Waals surface area contributed by atoms with Crippen LogP contribution < -0.4 is 5.73 Å². The minimum absolute atomic E-state index is 0.110. The lowest BCUT2D eigenvalue weighted by Crippen LogP contribution is -2.13. The predicted octanol–water partition coefficient (Wildman–Crippen LogP) is 3.67. The molecule has 0 aliphatic heterocycles. The summed E-state index contributed by atoms with van der Waals surface area (Å²) in [5.41, 5.74) is 11.5. The zero-order chi connectivity index (χ0) is 16.9. The Bertz CT molecular complexity index is 922. The van der Waals surface area contributed by atoms with E-state index in [1.54, 1.807) is 6.20 Å². The summed E-state index contributed by atoms with van der Waals surface area (Å²) in [5, 5.41) is 0. The Morgan fingerprint density at radius 1 is 1.21 bits per heavy atom. The smallest absolute Gasteiger partial charge is 0.220 e. The van der Waals surface area contributed by atoms with Crippen LogP contribution in [0.5, 0.6) is 0 Å².